The Morgan fingerprint density at radius 2 is 1.84 bits per heavy atom. The molecule has 1 aliphatic heterocycles. The van der Waals surface area contributed by atoms with E-state index in [4.69, 9.17) is 9.26 Å². The minimum atomic E-state index is -3.59. The van der Waals surface area contributed by atoms with Gasteiger partial charge in [-0.2, -0.15) is 9.29 Å². The first-order valence-corrected chi connectivity index (χ1v) is 11.4. The first kappa shape index (κ1) is 21.3. The number of hydrogen-bond acceptors (Lipinski definition) is 7. The highest BCUT2D eigenvalue weighted by Gasteiger charge is 2.30. The van der Waals surface area contributed by atoms with Crippen LogP contribution in [0.4, 0.5) is 10.4 Å². The van der Waals surface area contributed by atoms with Crippen molar-refractivity contribution in [3.05, 3.63) is 65.7 Å². The van der Waals surface area contributed by atoms with Crippen LogP contribution in [-0.4, -0.2) is 55.6 Å². The van der Waals surface area contributed by atoms with Gasteiger partial charge in [-0.25, -0.2) is 12.8 Å². The molecule has 0 aliphatic carbocycles. The average molecular weight is 447 g/mol. The predicted molar refractivity (Wildman–Crippen MR) is 112 cm³/mol. The molecule has 1 saturated heterocycles. The zero-order valence-corrected chi connectivity index (χ0v) is 17.9. The van der Waals surface area contributed by atoms with Crippen LogP contribution in [0.1, 0.15) is 18.3 Å². The molecule has 2 heterocycles. The number of halogens is 1. The molecule has 0 spiro atoms. The third kappa shape index (κ3) is 4.86. The van der Waals surface area contributed by atoms with Gasteiger partial charge < -0.3 is 14.2 Å². The molecule has 1 fully saturated rings. The van der Waals surface area contributed by atoms with E-state index in [1.54, 1.807) is 36.4 Å². The third-order valence-corrected chi connectivity index (χ3v) is 6.90. The Labute approximate surface area is 180 Å². The van der Waals surface area contributed by atoms with E-state index in [1.807, 2.05) is 11.8 Å². The lowest BCUT2D eigenvalue weighted by Gasteiger charge is -2.32. The molecule has 2 aromatic carbocycles. The van der Waals surface area contributed by atoms with Gasteiger partial charge in [0.1, 0.15) is 11.6 Å². The van der Waals surface area contributed by atoms with Crippen LogP contribution in [0, 0.1) is 5.82 Å². The van der Waals surface area contributed by atoms with Crippen molar-refractivity contribution in [3.63, 3.8) is 0 Å². The summed E-state index contributed by atoms with van der Waals surface area (Å²) in [7, 11) is -3.59. The molecule has 8 nitrogen and oxygen atoms in total. The van der Waals surface area contributed by atoms with Crippen molar-refractivity contribution in [3.8, 4) is 5.75 Å². The van der Waals surface area contributed by atoms with Gasteiger partial charge in [0, 0.05) is 32.6 Å². The van der Waals surface area contributed by atoms with Crippen LogP contribution in [0.25, 0.3) is 0 Å². The fourth-order valence-corrected chi connectivity index (χ4v) is 4.84. The summed E-state index contributed by atoms with van der Waals surface area (Å²) in [5.74, 6) is 0.771. The summed E-state index contributed by atoms with van der Waals surface area (Å²) in [4.78, 5) is 6.46. The van der Waals surface area contributed by atoms with Crippen LogP contribution >= 0.6 is 0 Å². The van der Waals surface area contributed by atoms with Crippen LogP contribution in [0.2, 0.25) is 0 Å². The number of sulfonamides is 1. The third-order valence-electron chi connectivity index (χ3n) is 4.99. The summed E-state index contributed by atoms with van der Waals surface area (Å²) in [6, 6.07) is 13.0. The lowest BCUT2D eigenvalue weighted by Crippen LogP contribution is -2.48. The van der Waals surface area contributed by atoms with E-state index in [9.17, 15) is 12.8 Å². The van der Waals surface area contributed by atoms with Crippen molar-refractivity contribution in [1.29, 1.82) is 0 Å². The highest BCUT2D eigenvalue weighted by Crippen LogP contribution is 2.22. The number of piperazine rings is 1. The van der Waals surface area contributed by atoms with Crippen molar-refractivity contribution in [1.82, 2.24) is 14.4 Å². The second kappa shape index (κ2) is 9.03. The van der Waals surface area contributed by atoms with Crippen LogP contribution < -0.4 is 9.64 Å². The van der Waals surface area contributed by atoms with Gasteiger partial charge in [-0.1, -0.05) is 17.3 Å². The molecule has 0 radical (unpaired) electrons. The minimum Gasteiger partial charge on any atom is -0.494 e. The first-order valence-electron chi connectivity index (χ1n) is 10.0. The van der Waals surface area contributed by atoms with E-state index in [-0.39, 0.29) is 10.7 Å². The highest BCUT2D eigenvalue weighted by atomic mass is 32.2. The van der Waals surface area contributed by atoms with Gasteiger partial charge >= 0.3 is 6.01 Å². The Kier molecular flexibility index (Phi) is 6.19. The molecule has 0 atom stereocenters. The number of nitrogens with zero attached hydrogens (tertiary/aromatic N) is 4. The van der Waals surface area contributed by atoms with E-state index >= 15 is 0 Å². The molecule has 4 rings (SSSR count). The van der Waals surface area contributed by atoms with Crippen molar-refractivity contribution < 1.29 is 22.1 Å². The van der Waals surface area contributed by atoms with E-state index in [1.165, 1.54) is 16.4 Å². The van der Waals surface area contributed by atoms with Gasteiger partial charge in [-0.15, -0.1) is 0 Å². The topological polar surface area (TPSA) is 88.8 Å². The zero-order valence-electron chi connectivity index (χ0n) is 17.1. The number of ether oxygens (including phenoxy) is 1. The number of benzene rings is 2. The Morgan fingerprint density at radius 1 is 1.10 bits per heavy atom. The number of anilines is 1. The molecule has 0 unspecified atom stereocenters. The van der Waals surface area contributed by atoms with Gasteiger partial charge in [0.05, 0.1) is 11.5 Å². The van der Waals surface area contributed by atoms with E-state index in [2.05, 4.69) is 10.1 Å². The van der Waals surface area contributed by atoms with Crippen molar-refractivity contribution in [2.24, 2.45) is 0 Å². The van der Waals surface area contributed by atoms with Gasteiger partial charge in [0.2, 0.25) is 10.0 Å². The molecule has 0 N–H and O–H groups in total. The minimum absolute atomic E-state index is 0.236. The largest absolute Gasteiger partial charge is 0.494 e. The smallest absolute Gasteiger partial charge is 0.324 e. The molecule has 0 saturated carbocycles. The molecule has 0 bridgehead atoms. The van der Waals surface area contributed by atoms with Crippen LogP contribution in [-0.2, 0) is 16.4 Å². The second-order valence-electron chi connectivity index (χ2n) is 7.10. The molecular weight excluding hydrogens is 423 g/mol. The summed E-state index contributed by atoms with van der Waals surface area (Å²) >= 11 is 0. The molecule has 3 aromatic rings. The SMILES string of the molecule is CCOc1ccc(S(=O)(=O)N2CCN(c3nc(Cc4cccc(F)c4)no3)CC2)cc1. The van der Waals surface area contributed by atoms with E-state index in [0.717, 1.165) is 5.56 Å². The molecule has 31 heavy (non-hydrogen) atoms. The van der Waals surface area contributed by atoms with Gasteiger partial charge in [0.25, 0.3) is 0 Å². The monoisotopic (exact) mass is 446 g/mol. The molecule has 1 aromatic heterocycles. The fourth-order valence-electron chi connectivity index (χ4n) is 3.42. The van der Waals surface area contributed by atoms with Gasteiger partial charge in [0.15, 0.2) is 5.82 Å². The maximum atomic E-state index is 13.3. The standard InChI is InChI=1S/C21H23FN4O4S/c1-2-29-18-6-8-19(9-7-18)31(27,28)26-12-10-25(11-13-26)21-23-20(24-30-21)15-16-4-3-5-17(22)14-16/h3-9,14H,2,10-13,15H2,1H3. The molecule has 164 valence electrons. The van der Waals surface area contributed by atoms with Crippen LogP contribution in [0.15, 0.2) is 57.9 Å². The lowest BCUT2D eigenvalue weighted by atomic mass is 10.1. The second-order valence-corrected chi connectivity index (χ2v) is 9.03. The quantitative estimate of drug-likeness (QED) is 0.551. The van der Waals surface area contributed by atoms with Crippen molar-refractivity contribution in [2.45, 2.75) is 18.2 Å². The summed E-state index contributed by atoms with van der Waals surface area (Å²) in [6.45, 7) is 3.86. The van der Waals surface area contributed by atoms with Gasteiger partial charge in [-0.05, 0) is 48.9 Å². The molecule has 0 amide bonds. The van der Waals surface area contributed by atoms with Crippen molar-refractivity contribution in [2.75, 3.05) is 37.7 Å². The van der Waals surface area contributed by atoms with E-state index < -0.39 is 10.0 Å². The zero-order chi connectivity index (χ0) is 21.8. The maximum Gasteiger partial charge on any atom is 0.324 e. The summed E-state index contributed by atoms with van der Waals surface area (Å²) in [5, 5.41) is 3.96. The predicted octanol–water partition coefficient (Wildman–Crippen LogP) is 2.71. The summed E-state index contributed by atoms with van der Waals surface area (Å²) < 4.78 is 51.3. The molecule has 1 aliphatic rings. The lowest BCUT2D eigenvalue weighted by molar-refractivity contribution is 0.339. The Bertz CT molecular complexity index is 1130. The van der Waals surface area contributed by atoms with Crippen LogP contribution in [0.5, 0.6) is 5.75 Å². The highest BCUT2D eigenvalue weighted by molar-refractivity contribution is 7.89. The fraction of sp³-hybridized carbons (Fsp3) is 0.333. The normalized spacial score (nSPS) is 15.2. The Morgan fingerprint density at radius 3 is 2.52 bits per heavy atom. The van der Waals surface area contributed by atoms with Crippen LogP contribution in [0.3, 0.4) is 0 Å². The maximum absolute atomic E-state index is 13.3. The Hall–Kier alpha value is -2.98. The molecular formula is C21H23FN4O4S. The number of hydrogen-bond donors (Lipinski definition) is 0. The first-order chi connectivity index (χ1) is 15.0. The summed E-state index contributed by atoms with van der Waals surface area (Å²) in [5.41, 5.74) is 0.749. The van der Waals surface area contributed by atoms with Crippen molar-refractivity contribution >= 4 is 16.0 Å². The summed E-state index contributed by atoms with van der Waals surface area (Å²) in [6.07, 6.45) is 0.355. The Balaban J connectivity index is 1.37. The number of rotatable bonds is 7. The van der Waals surface area contributed by atoms with Gasteiger partial charge in [-0.3, -0.25) is 0 Å². The van der Waals surface area contributed by atoms with E-state index in [0.29, 0.717) is 56.8 Å². The average Bonchev–Trinajstić information content (AvgIpc) is 3.23. The number of aromatic nitrogens is 2. The molecule has 10 heteroatoms.